The monoisotopic (exact) mass is 808 g/mol. The maximum atomic E-state index is 12.6. The van der Waals surface area contributed by atoms with Gasteiger partial charge in [0.05, 0.1) is 25.9 Å². The summed E-state index contributed by atoms with van der Waals surface area (Å²) in [5.74, 6) is -1.04. The molecule has 0 saturated carbocycles. The molecule has 0 aromatic carbocycles. The van der Waals surface area contributed by atoms with Crippen molar-refractivity contribution in [3.05, 3.63) is 85.1 Å². The number of aliphatic hydroxyl groups excluding tert-OH is 3. The maximum Gasteiger partial charge on any atom is 0.472 e. The van der Waals surface area contributed by atoms with E-state index in [2.05, 4.69) is 85.2 Å². The topological polar surface area (TPSA) is 169 Å². The molecule has 0 aliphatic carbocycles. The van der Waals surface area contributed by atoms with E-state index in [-0.39, 0.29) is 25.6 Å². The van der Waals surface area contributed by atoms with Gasteiger partial charge in [0.15, 0.2) is 6.10 Å². The van der Waals surface area contributed by atoms with Gasteiger partial charge in [0, 0.05) is 12.8 Å². The molecule has 12 heteroatoms. The molecule has 4 atom stereocenters. The third kappa shape index (κ3) is 38.0. The van der Waals surface area contributed by atoms with Gasteiger partial charge in [0.25, 0.3) is 0 Å². The Balaban J connectivity index is 4.49. The van der Waals surface area contributed by atoms with Crippen LogP contribution in [0.3, 0.4) is 0 Å². The molecule has 2 unspecified atom stereocenters. The number of esters is 2. The maximum absolute atomic E-state index is 12.6. The summed E-state index contributed by atoms with van der Waals surface area (Å²) >= 11 is 0. The second kappa shape index (κ2) is 39.0. The van der Waals surface area contributed by atoms with Crippen LogP contribution in [0.2, 0.25) is 0 Å². The number of ether oxygens (including phenoxy) is 2. The normalized spacial score (nSPS) is 15.3. The number of hydrogen-bond donors (Lipinski definition) is 4. The number of unbranched alkanes of at least 4 members (excludes halogenated alkanes) is 6. The minimum Gasteiger partial charge on any atom is -0.462 e. The fourth-order valence-electron chi connectivity index (χ4n) is 4.95. The third-order valence-corrected chi connectivity index (χ3v) is 9.04. The van der Waals surface area contributed by atoms with Crippen LogP contribution in [-0.4, -0.2) is 76.9 Å². The fourth-order valence-corrected chi connectivity index (χ4v) is 5.74. The predicted molar refractivity (Wildman–Crippen MR) is 225 cm³/mol. The predicted octanol–water partition coefficient (Wildman–Crippen LogP) is 9.63. The first-order valence-corrected chi connectivity index (χ1v) is 22.1. The molecule has 0 fully saturated rings. The molecular weight excluding hydrogens is 735 g/mol. The smallest absolute Gasteiger partial charge is 0.462 e. The molecular formula is C44H73O11P. The van der Waals surface area contributed by atoms with Crippen LogP contribution in [0.5, 0.6) is 0 Å². The standard InChI is InChI=1S/C44H73O11P/c1-3-5-6-7-8-9-10-11-12-15-18-21-24-27-30-34-43(48)52-38-42(39-54-56(50,51)53-37-41(47)36-45)55-44(49)35-31-28-25-22-19-16-13-14-17-20-23-26-29-33-40(46)32-4-2/h5-6,8-9,11-13,16-17,20,22,25-26,29,40-42,45-47H,3-4,7,10,14-15,18-19,21,23-24,27-28,30-39H2,1-2H3,(H,50,51)/b6-5-,9-8-,12-11-,16-13-,20-17-,25-22-,29-26-/t40?,41-,42+/m0/s1. The van der Waals surface area contributed by atoms with E-state index < -0.39 is 51.8 Å². The summed E-state index contributed by atoms with van der Waals surface area (Å²) in [6, 6.07) is 0. The highest BCUT2D eigenvalue weighted by molar-refractivity contribution is 7.47. The Morgan fingerprint density at radius 3 is 1.68 bits per heavy atom. The Morgan fingerprint density at radius 2 is 1.09 bits per heavy atom. The second-order valence-electron chi connectivity index (χ2n) is 13.5. The fraction of sp³-hybridized carbons (Fsp3) is 0.636. The van der Waals surface area contributed by atoms with E-state index in [0.29, 0.717) is 25.7 Å². The van der Waals surface area contributed by atoms with E-state index in [9.17, 15) is 29.3 Å². The third-order valence-electron chi connectivity index (χ3n) is 8.09. The summed E-state index contributed by atoms with van der Waals surface area (Å²) in [5.41, 5.74) is 0. The van der Waals surface area contributed by atoms with E-state index in [1.54, 1.807) is 0 Å². The van der Waals surface area contributed by atoms with Crippen LogP contribution in [0.15, 0.2) is 85.1 Å². The second-order valence-corrected chi connectivity index (χ2v) is 14.9. The lowest BCUT2D eigenvalue weighted by molar-refractivity contribution is -0.161. The lowest BCUT2D eigenvalue weighted by Crippen LogP contribution is -2.29. The van der Waals surface area contributed by atoms with Crippen LogP contribution in [0.25, 0.3) is 0 Å². The van der Waals surface area contributed by atoms with Crippen molar-refractivity contribution in [2.45, 2.75) is 154 Å². The zero-order chi connectivity index (χ0) is 41.4. The number of phosphoric acid groups is 1. The van der Waals surface area contributed by atoms with Crippen molar-refractivity contribution in [3.63, 3.8) is 0 Å². The summed E-state index contributed by atoms with van der Waals surface area (Å²) in [4.78, 5) is 34.9. The van der Waals surface area contributed by atoms with Gasteiger partial charge in [0.2, 0.25) is 0 Å². The van der Waals surface area contributed by atoms with Gasteiger partial charge in [-0.15, -0.1) is 0 Å². The van der Waals surface area contributed by atoms with Crippen molar-refractivity contribution >= 4 is 19.8 Å². The average molecular weight is 809 g/mol. The van der Waals surface area contributed by atoms with E-state index in [1.165, 1.54) is 0 Å². The van der Waals surface area contributed by atoms with E-state index >= 15 is 0 Å². The molecule has 0 amide bonds. The van der Waals surface area contributed by atoms with Gasteiger partial charge in [-0.25, -0.2) is 4.57 Å². The van der Waals surface area contributed by atoms with Crippen molar-refractivity contribution in [2.75, 3.05) is 26.4 Å². The van der Waals surface area contributed by atoms with Crippen molar-refractivity contribution in [2.24, 2.45) is 0 Å². The van der Waals surface area contributed by atoms with Gasteiger partial charge in [-0.3, -0.25) is 18.6 Å². The number of phosphoric ester groups is 1. The minimum absolute atomic E-state index is 0.0845. The van der Waals surface area contributed by atoms with Gasteiger partial charge >= 0.3 is 19.8 Å². The van der Waals surface area contributed by atoms with Gasteiger partial charge in [0.1, 0.15) is 12.7 Å². The van der Waals surface area contributed by atoms with Crippen molar-refractivity contribution in [1.29, 1.82) is 0 Å². The molecule has 4 N–H and O–H groups in total. The van der Waals surface area contributed by atoms with E-state index in [4.69, 9.17) is 19.1 Å². The highest BCUT2D eigenvalue weighted by Crippen LogP contribution is 2.43. The van der Waals surface area contributed by atoms with Gasteiger partial charge in [-0.05, 0) is 83.5 Å². The lowest BCUT2D eigenvalue weighted by Gasteiger charge is -2.20. The zero-order valence-corrected chi connectivity index (χ0v) is 35.1. The summed E-state index contributed by atoms with van der Waals surface area (Å²) in [5, 5.41) is 28.0. The van der Waals surface area contributed by atoms with Crippen molar-refractivity contribution in [1.82, 2.24) is 0 Å². The van der Waals surface area contributed by atoms with Crippen molar-refractivity contribution < 1.29 is 52.9 Å². The van der Waals surface area contributed by atoms with Gasteiger partial charge in [-0.1, -0.05) is 125 Å². The van der Waals surface area contributed by atoms with Crippen molar-refractivity contribution in [3.8, 4) is 0 Å². The van der Waals surface area contributed by atoms with Crippen LogP contribution >= 0.6 is 7.82 Å². The van der Waals surface area contributed by atoms with E-state index in [0.717, 1.165) is 83.5 Å². The van der Waals surface area contributed by atoms with E-state index in [1.807, 2.05) is 18.2 Å². The lowest BCUT2D eigenvalue weighted by atomic mass is 10.1. The molecule has 11 nitrogen and oxygen atoms in total. The highest BCUT2D eigenvalue weighted by Gasteiger charge is 2.27. The van der Waals surface area contributed by atoms with Crippen LogP contribution < -0.4 is 0 Å². The largest absolute Gasteiger partial charge is 0.472 e. The summed E-state index contributed by atoms with van der Waals surface area (Å²) in [6.45, 7) is 1.94. The first-order valence-electron chi connectivity index (χ1n) is 20.6. The Labute approximate surface area is 337 Å². The van der Waals surface area contributed by atoms with Crippen LogP contribution in [0.1, 0.15) is 136 Å². The zero-order valence-electron chi connectivity index (χ0n) is 34.2. The number of carbonyl (C=O) groups is 2. The molecule has 0 heterocycles. The molecule has 0 bridgehead atoms. The van der Waals surface area contributed by atoms with Crippen LogP contribution in [0.4, 0.5) is 0 Å². The molecule has 320 valence electrons. The molecule has 0 spiro atoms. The number of rotatable bonds is 37. The van der Waals surface area contributed by atoms with Crippen LogP contribution in [0, 0.1) is 0 Å². The van der Waals surface area contributed by atoms with Gasteiger partial charge < -0.3 is 29.7 Å². The molecule has 0 aromatic heterocycles. The quantitative estimate of drug-likeness (QED) is 0.0204. The highest BCUT2D eigenvalue weighted by atomic mass is 31.2. The molecule has 0 radical (unpaired) electrons. The Morgan fingerprint density at radius 1 is 0.589 bits per heavy atom. The molecule has 0 aromatic rings. The average Bonchev–Trinajstić information content (AvgIpc) is 3.18. The number of allylic oxidation sites excluding steroid dienone is 13. The number of carbonyl (C=O) groups excluding carboxylic acids is 2. The summed E-state index contributed by atoms with van der Waals surface area (Å²) in [7, 11) is -4.65. The molecule has 0 saturated heterocycles. The van der Waals surface area contributed by atoms with Gasteiger partial charge in [-0.2, -0.15) is 0 Å². The Bertz CT molecular complexity index is 1220. The van der Waals surface area contributed by atoms with Crippen LogP contribution in [-0.2, 0) is 32.7 Å². The Hall–Kier alpha value is -2.89. The summed E-state index contributed by atoms with van der Waals surface area (Å²) in [6.07, 6.45) is 41.9. The first kappa shape index (κ1) is 53.1. The molecule has 0 rings (SSSR count). The SMILES string of the molecule is CC/C=C\C/C=C\C/C=C\CCCCCCCC(=O)OC[C@H](COP(=O)(O)OC[C@@H](O)CO)OC(=O)CCC/C=C\C/C=C\C/C=C\C/C=C\CC(O)CCC. The number of aliphatic hydroxyl groups is 3. The first-order chi connectivity index (χ1) is 27.1. The minimum atomic E-state index is -4.65. The molecule has 0 aliphatic heterocycles. The number of hydrogen-bond acceptors (Lipinski definition) is 10. The molecule has 0 aliphatic rings. The summed E-state index contributed by atoms with van der Waals surface area (Å²) < 4.78 is 32.6. The molecule has 56 heavy (non-hydrogen) atoms. The Kier molecular flexibility index (Phi) is 36.9.